The zero-order valence-electron chi connectivity index (χ0n) is 18.5. The summed E-state index contributed by atoms with van der Waals surface area (Å²) in [6.45, 7) is 2.85. The van der Waals surface area contributed by atoms with Crippen LogP contribution in [0.3, 0.4) is 0 Å². The Morgan fingerprint density at radius 1 is 1.00 bits per heavy atom. The number of ether oxygens (including phenoxy) is 3. The van der Waals surface area contributed by atoms with E-state index in [1.54, 1.807) is 35.2 Å². The van der Waals surface area contributed by atoms with Crippen molar-refractivity contribution in [3.05, 3.63) is 78.4 Å². The number of carbonyl (C=O) groups is 2. The minimum absolute atomic E-state index is 0.0115. The third kappa shape index (κ3) is 6.04. The molecule has 0 spiro atoms. The average molecular weight is 447 g/mol. The van der Waals surface area contributed by atoms with E-state index in [2.05, 4.69) is 5.32 Å². The summed E-state index contributed by atoms with van der Waals surface area (Å²) >= 11 is 0. The van der Waals surface area contributed by atoms with Gasteiger partial charge in [0, 0.05) is 12.2 Å². The first-order valence-electron chi connectivity index (χ1n) is 10.8. The van der Waals surface area contributed by atoms with Crippen LogP contribution in [0.4, 0.5) is 11.4 Å². The molecule has 0 saturated carbocycles. The highest BCUT2D eigenvalue weighted by molar-refractivity contribution is 5.99. The van der Waals surface area contributed by atoms with Crippen LogP contribution in [0.5, 0.6) is 17.2 Å². The van der Waals surface area contributed by atoms with Crippen molar-refractivity contribution in [3.8, 4) is 17.2 Å². The van der Waals surface area contributed by atoms with Gasteiger partial charge in [0.2, 0.25) is 0 Å². The van der Waals surface area contributed by atoms with Crippen LogP contribution in [0.25, 0.3) is 0 Å². The summed E-state index contributed by atoms with van der Waals surface area (Å²) in [6, 6.07) is 22.2. The van der Waals surface area contributed by atoms with Crippen molar-refractivity contribution in [1.82, 2.24) is 0 Å². The number of anilines is 2. The van der Waals surface area contributed by atoms with Crippen molar-refractivity contribution in [2.24, 2.45) is 0 Å². The van der Waals surface area contributed by atoms with Crippen LogP contribution in [0.2, 0.25) is 0 Å². The molecule has 7 heteroatoms. The standard InChI is InChI=1S/C26H26N2O5/c1-19-7-5-10-22(15-19)31-14-6-13-28-23-16-20(11-12-24(23)33-18-26(28)30)27-25(29)17-32-21-8-3-2-4-9-21/h2-5,7-12,15-16H,6,13-14,17-18H2,1H3,(H,27,29). The highest BCUT2D eigenvalue weighted by Crippen LogP contribution is 2.34. The third-order valence-electron chi connectivity index (χ3n) is 5.08. The van der Waals surface area contributed by atoms with E-state index in [0.717, 1.165) is 11.3 Å². The first-order chi connectivity index (χ1) is 16.1. The molecule has 0 radical (unpaired) electrons. The number of nitrogens with zero attached hydrogens (tertiary/aromatic N) is 1. The van der Waals surface area contributed by atoms with E-state index in [0.29, 0.717) is 42.4 Å². The molecule has 3 aromatic carbocycles. The number of hydrogen-bond acceptors (Lipinski definition) is 5. The molecule has 3 aromatic rings. The lowest BCUT2D eigenvalue weighted by atomic mass is 10.2. The van der Waals surface area contributed by atoms with Gasteiger partial charge in [0.15, 0.2) is 13.2 Å². The number of benzene rings is 3. The van der Waals surface area contributed by atoms with Gasteiger partial charge in [-0.15, -0.1) is 0 Å². The summed E-state index contributed by atoms with van der Waals surface area (Å²) in [4.78, 5) is 26.5. The van der Waals surface area contributed by atoms with Crippen LogP contribution in [0.1, 0.15) is 12.0 Å². The predicted octanol–water partition coefficient (Wildman–Crippen LogP) is 4.21. The minimum atomic E-state index is -0.292. The molecule has 1 N–H and O–H groups in total. The topological polar surface area (TPSA) is 77.1 Å². The number of carbonyl (C=O) groups excluding carboxylic acids is 2. The van der Waals surface area contributed by atoms with Gasteiger partial charge in [-0.2, -0.15) is 0 Å². The number of para-hydroxylation sites is 1. The zero-order chi connectivity index (χ0) is 23.0. The molecule has 0 aromatic heterocycles. The fourth-order valence-corrected chi connectivity index (χ4v) is 3.51. The molecule has 7 nitrogen and oxygen atoms in total. The number of aryl methyl sites for hydroxylation is 1. The number of fused-ring (bicyclic) bond motifs is 1. The van der Waals surface area contributed by atoms with Gasteiger partial charge in [0.1, 0.15) is 17.2 Å². The van der Waals surface area contributed by atoms with Crippen LogP contribution >= 0.6 is 0 Å². The molecule has 0 aliphatic carbocycles. The summed E-state index contributed by atoms with van der Waals surface area (Å²) in [6.07, 6.45) is 0.653. The Kier molecular flexibility index (Phi) is 7.09. The molecule has 170 valence electrons. The summed E-state index contributed by atoms with van der Waals surface area (Å²) in [5, 5.41) is 2.81. The molecular formula is C26H26N2O5. The van der Waals surface area contributed by atoms with Crippen LogP contribution in [-0.4, -0.2) is 38.2 Å². The lowest BCUT2D eigenvalue weighted by Gasteiger charge is -2.30. The van der Waals surface area contributed by atoms with Crippen LogP contribution in [0.15, 0.2) is 72.8 Å². The van der Waals surface area contributed by atoms with Crippen molar-refractivity contribution in [3.63, 3.8) is 0 Å². The lowest BCUT2D eigenvalue weighted by Crippen LogP contribution is -2.39. The first-order valence-corrected chi connectivity index (χ1v) is 10.8. The number of amides is 2. The lowest BCUT2D eigenvalue weighted by molar-refractivity contribution is -0.121. The second-order valence-electron chi connectivity index (χ2n) is 7.68. The maximum absolute atomic E-state index is 12.5. The molecule has 2 amide bonds. The first kappa shape index (κ1) is 22.2. The summed E-state index contributed by atoms with van der Waals surface area (Å²) in [5.41, 5.74) is 2.33. The van der Waals surface area contributed by atoms with Crippen LogP contribution in [0, 0.1) is 6.92 Å². The quantitative estimate of drug-likeness (QED) is 0.499. The van der Waals surface area contributed by atoms with E-state index in [-0.39, 0.29) is 25.0 Å². The van der Waals surface area contributed by atoms with E-state index in [1.165, 1.54) is 0 Å². The number of nitrogens with one attached hydrogen (secondary N) is 1. The van der Waals surface area contributed by atoms with Gasteiger partial charge in [-0.05, 0) is 61.4 Å². The second-order valence-corrected chi connectivity index (χ2v) is 7.68. The molecule has 0 bridgehead atoms. The zero-order valence-corrected chi connectivity index (χ0v) is 18.5. The molecule has 0 unspecified atom stereocenters. The van der Waals surface area contributed by atoms with E-state index in [9.17, 15) is 9.59 Å². The molecule has 0 atom stereocenters. The van der Waals surface area contributed by atoms with Gasteiger partial charge in [-0.3, -0.25) is 9.59 Å². The predicted molar refractivity (Wildman–Crippen MR) is 126 cm³/mol. The minimum Gasteiger partial charge on any atom is -0.494 e. The van der Waals surface area contributed by atoms with Gasteiger partial charge in [0.05, 0.1) is 12.3 Å². The van der Waals surface area contributed by atoms with Crippen molar-refractivity contribution in [2.45, 2.75) is 13.3 Å². The molecule has 1 heterocycles. The Labute approximate surface area is 192 Å². The largest absolute Gasteiger partial charge is 0.494 e. The van der Waals surface area contributed by atoms with Crippen molar-refractivity contribution >= 4 is 23.2 Å². The van der Waals surface area contributed by atoms with E-state index >= 15 is 0 Å². The van der Waals surface area contributed by atoms with E-state index in [4.69, 9.17) is 14.2 Å². The van der Waals surface area contributed by atoms with Crippen LogP contribution in [-0.2, 0) is 9.59 Å². The Bertz CT molecular complexity index is 1120. The SMILES string of the molecule is Cc1cccc(OCCCN2C(=O)COc3ccc(NC(=O)COc4ccccc4)cc32)c1. The number of rotatable bonds is 9. The molecule has 1 aliphatic heterocycles. The maximum Gasteiger partial charge on any atom is 0.265 e. The van der Waals surface area contributed by atoms with Crippen molar-refractivity contribution in [1.29, 1.82) is 0 Å². The second kappa shape index (κ2) is 10.5. The fourth-order valence-electron chi connectivity index (χ4n) is 3.51. The summed E-state index contributed by atoms with van der Waals surface area (Å²) in [7, 11) is 0. The Morgan fingerprint density at radius 2 is 1.82 bits per heavy atom. The third-order valence-corrected chi connectivity index (χ3v) is 5.08. The summed E-state index contributed by atoms with van der Waals surface area (Å²) < 4.78 is 16.8. The number of hydrogen-bond donors (Lipinski definition) is 1. The van der Waals surface area contributed by atoms with Crippen molar-refractivity contribution < 1.29 is 23.8 Å². The Hall–Kier alpha value is -4.00. The molecule has 4 rings (SSSR count). The molecule has 1 aliphatic rings. The highest BCUT2D eigenvalue weighted by atomic mass is 16.5. The maximum atomic E-state index is 12.5. The van der Waals surface area contributed by atoms with Gasteiger partial charge in [-0.1, -0.05) is 30.3 Å². The highest BCUT2D eigenvalue weighted by Gasteiger charge is 2.25. The van der Waals surface area contributed by atoms with Gasteiger partial charge in [0.25, 0.3) is 11.8 Å². The Morgan fingerprint density at radius 3 is 2.64 bits per heavy atom. The van der Waals surface area contributed by atoms with Gasteiger partial charge in [-0.25, -0.2) is 0 Å². The fraction of sp³-hybridized carbons (Fsp3) is 0.231. The Balaban J connectivity index is 1.35. The van der Waals surface area contributed by atoms with Gasteiger partial charge >= 0.3 is 0 Å². The normalized spacial score (nSPS) is 12.5. The van der Waals surface area contributed by atoms with Gasteiger partial charge < -0.3 is 24.4 Å². The smallest absolute Gasteiger partial charge is 0.265 e. The van der Waals surface area contributed by atoms with E-state index < -0.39 is 0 Å². The molecule has 33 heavy (non-hydrogen) atoms. The average Bonchev–Trinajstić information content (AvgIpc) is 2.82. The summed E-state index contributed by atoms with van der Waals surface area (Å²) in [5.74, 6) is 1.62. The molecule has 0 fully saturated rings. The monoisotopic (exact) mass is 446 g/mol. The van der Waals surface area contributed by atoms with Crippen LogP contribution < -0.4 is 24.4 Å². The van der Waals surface area contributed by atoms with Crippen molar-refractivity contribution in [2.75, 3.05) is 36.6 Å². The molecule has 0 saturated heterocycles. The van der Waals surface area contributed by atoms with E-state index in [1.807, 2.05) is 49.4 Å². The molecular weight excluding hydrogens is 420 g/mol.